The molecule has 3 aliphatic rings. The zero-order valence-electron chi connectivity index (χ0n) is 37.2. The molecular weight excluding hydrogens is 773 g/mol. The van der Waals surface area contributed by atoms with Crippen LogP contribution >= 0.6 is 0 Å². The van der Waals surface area contributed by atoms with Crippen LogP contribution in [0.2, 0.25) is 0 Å². The molecule has 0 saturated heterocycles. The maximum absolute atomic E-state index is 2.59. The first kappa shape index (κ1) is 38.7. The second-order valence-corrected chi connectivity index (χ2v) is 19.1. The third kappa shape index (κ3) is 6.14. The molecule has 64 heavy (non-hydrogen) atoms. The molecule has 1 saturated carbocycles. The smallest absolute Gasteiger partial charge is 0.0617 e. The van der Waals surface area contributed by atoms with Crippen molar-refractivity contribution < 1.29 is 0 Å². The first-order valence-electron chi connectivity index (χ1n) is 23.6. The molecule has 12 rings (SSSR count). The van der Waals surface area contributed by atoms with Crippen LogP contribution in [-0.2, 0) is 5.41 Å². The Morgan fingerprint density at radius 1 is 0.547 bits per heavy atom. The van der Waals surface area contributed by atoms with E-state index in [9.17, 15) is 0 Å². The molecule has 0 aliphatic heterocycles. The highest BCUT2D eigenvalue weighted by atomic mass is 15.1. The number of anilines is 3. The summed E-state index contributed by atoms with van der Waals surface area (Å²) >= 11 is 0. The van der Waals surface area contributed by atoms with Gasteiger partial charge in [0.2, 0.25) is 0 Å². The van der Waals surface area contributed by atoms with E-state index < -0.39 is 0 Å². The van der Waals surface area contributed by atoms with E-state index in [0.717, 1.165) is 17.8 Å². The van der Waals surface area contributed by atoms with Crippen LogP contribution in [0.4, 0.5) is 17.1 Å². The van der Waals surface area contributed by atoms with Gasteiger partial charge in [-0.15, -0.1) is 0 Å². The number of rotatable bonds is 7. The lowest BCUT2D eigenvalue weighted by atomic mass is 9.80. The van der Waals surface area contributed by atoms with Crippen molar-refractivity contribution in [2.75, 3.05) is 4.90 Å². The van der Waals surface area contributed by atoms with Crippen LogP contribution in [-0.4, -0.2) is 4.57 Å². The van der Waals surface area contributed by atoms with Crippen LogP contribution in [0, 0.1) is 5.92 Å². The largest absolute Gasteiger partial charge is 0.312 e. The monoisotopic (exact) mass is 826 g/mol. The molecule has 2 heteroatoms. The van der Waals surface area contributed by atoms with E-state index in [0.29, 0.717) is 11.8 Å². The van der Waals surface area contributed by atoms with Gasteiger partial charge >= 0.3 is 0 Å². The lowest BCUT2D eigenvalue weighted by Crippen LogP contribution is -2.17. The van der Waals surface area contributed by atoms with Crippen LogP contribution in [0.5, 0.6) is 0 Å². The predicted molar refractivity (Wildman–Crippen MR) is 273 cm³/mol. The van der Waals surface area contributed by atoms with Gasteiger partial charge in [-0.1, -0.05) is 192 Å². The Kier molecular flexibility index (Phi) is 9.34. The fraction of sp³-hybridized carbons (Fsp3) is 0.194. The molecule has 3 aliphatic carbocycles. The van der Waals surface area contributed by atoms with Gasteiger partial charge in [-0.05, 0) is 112 Å². The molecule has 1 fully saturated rings. The Morgan fingerprint density at radius 3 is 1.97 bits per heavy atom. The summed E-state index contributed by atoms with van der Waals surface area (Å²) in [6, 6.07) is 64.5. The van der Waals surface area contributed by atoms with Gasteiger partial charge in [-0.25, -0.2) is 0 Å². The van der Waals surface area contributed by atoms with E-state index in [2.05, 4.69) is 218 Å². The fourth-order valence-corrected chi connectivity index (χ4v) is 11.9. The first-order valence-corrected chi connectivity index (χ1v) is 23.6. The summed E-state index contributed by atoms with van der Waals surface area (Å²) in [5.41, 5.74) is 19.1. The zero-order valence-corrected chi connectivity index (χ0v) is 37.2. The Labute approximate surface area is 377 Å². The molecule has 0 unspecified atom stereocenters. The van der Waals surface area contributed by atoms with Crippen molar-refractivity contribution in [2.45, 2.75) is 70.6 Å². The average molecular weight is 827 g/mol. The van der Waals surface area contributed by atoms with Crippen LogP contribution in [0.1, 0.15) is 81.9 Å². The quantitative estimate of drug-likeness (QED) is 0.155. The number of hydrogen-bond acceptors (Lipinski definition) is 1. The van der Waals surface area contributed by atoms with Crippen molar-refractivity contribution in [1.82, 2.24) is 4.57 Å². The van der Waals surface area contributed by atoms with Gasteiger partial charge in [0.05, 0.1) is 22.4 Å². The number of aromatic nitrogens is 1. The highest BCUT2D eigenvalue weighted by molar-refractivity contribution is 6.16. The van der Waals surface area contributed by atoms with E-state index >= 15 is 0 Å². The van der Waals surface area contributed by atoms with Crippen LogP contribution < -0.4 is 4.90 Å². The van der Waals surface area contributed by atoms with Crippen molar-refractivity contribution in [1.29, 1.82) is 0 Å². The van der Waals surface area contributed by atoms with Gasteiger partial charge in [0, 0.05) is 44.3 Å². The molecule has 2 nitrogen and oxygen atoms in total. The number of allylic oxidation sites excluding steroid dienone is 4. The molecular formula is C62H54N2. The summed E-state index contributed by atoms with van der Waals surface area (Å²) in [4.78, 5) is 2.59. The highest BCUT2D eigenvalue weighted by Crippen LogP contribution is 2.53. The molecule has 1 heterocycles. The summed E-state index contributed by atoms with van der Waals surface area (Å²) in [5, 5.41) is 5.29. The molecule has 1 aromatic heterocycles. The van der Waals surface area contributed by atoms with Crippen LogP contribution in [0.15, 0.2) is 188 Å². The standard InChI is InChI=1S/C62H54N2/c1-41-19-15-24-44(39-41)64-59-36-14-10-28-51(59)54-32-18-31-53(61(54)64)50-27-9-13-35-58(50)63(45-37-38-48-47-25-7-11-33-55(47)62(2,3)56(48)40-45)57-34-12-8-26-49(57)52-30-17-23-43-22-16-29-46(60(43)52)42-20-5-4-6-21-42/h7-19,22-38,40-42H,4-6,20-21,39H2,1-3H3/t41-/m0/s1. The summed E-state index contributed by atoms with van der Waals surface area (Å²) in [5.74, 6) is 1.04. The summed E-state index contributed by atoms with van der Waals surface area (Å²) < 4.78 is 2.56. The van der Waals surface area contributed by atoms with Gasteiger partial charge in [0.1, 0.15) is 0 Å². The maximum atomic E-state index is 2.59. The Morgan fingerprint density at radius 2 is 1.17 bits per heavy atom. The van der Waals surface area contributed by atoms with Crippen LogP contribution in [0.25, 0.3) is 71.7 Å². The van der Waals surface area contributed by atoms with E-state index in [-0.39, 0.29) is 5.41 Å². The molecule has 0 N–H and O–H groups in total. The third-order valence-corrected chi connectivity index (χ3v) is 14.9. The van der Waals surface area contributed by atoms with Gasteiger partial charge in [-0.3, -0.25) is 0 Å². The molecule has 8 aromatic carbocycles. The SMILES string of the molecule is C[C@H]1C=CC=C(n2c3ccccc3c3cccc(-c4ccccc4N(c4ccc5c(c4)C(C)(C)c4ccccc4-5)c4ccccc4-c4cccc5cccc(C6CCCCC6)c45)c32)C1. The minimum absolute atomic E-state index is 0.150. The van der Waals surface area contributed by atoms with Crippen LogP contribution in [0.3, 0.4) is 0 Å². The van der Waals surface area contributed by atoms with Crippen molar-refractivity contribution in [2.24, 2.45) is 5.92 Å². The topological polar surface area (TPSA) is 8.17 Å². The Balaban J connectivity index is 1.14. The summed E-state index contributed by atoms with van der Waals surface area (Å²) in [6.45, 7) is 7.12. The van der Waals surface area contributed by atoms with Crippen molar-refractivity contribution in [3.63, 3.8) is 0 Å². The number of nitrogens with zero attached hydrogens (tertiary/aromatic N) is 2. The minimum atomic E-state index is -0.150. The second kappa shape index (κ2) is 15.4. The van der Waals surface area contributed by atoms with E-state index in [4.69, 9.17) is 0 Å². The van der Waals surface area contributed by atoms with E-state index in [1.807, 2.05) is 0 Å². The highest BCUT2D eigenvalue weighted by Gasteiger charge is 2.36. The Hall–Kier alpha value is -6.90. The molecule has 1 atom stereocenters. The minimum Gasteiger partial charge on any atom is -0.312 e. The molecule has 0 radical (unpaired) electrons. The fourth-order valence-electron chi connectivity index (χ4n) is 11.9. The number of hydrogen-bond donors (Lipinski definition) is 0. The van der Waals surface area contributed by atoms with E-state index in [1.54, 1.807) is 0 Å². The van der Waals surface area contributed by atoms with Crippen molar-refractivity contribution >= 4 is 55.3 Å². The van der Waals surface area contributed by atoms with E-state index in [1.165, 1.54) is 126 Å². The zero-order chi connectivity index (χ0) is 42.9. The van der Waals surface area contributed by atoms with Gasteiger partial charge < -0.3 is 9.47 Å². The lowest BCUT2D eigenvalue weighted by Gasteiger charge is -2.32. The van der Waals surface area contributed by atoms with Gasteiger partial charge in [0.15, 0.2) is 0 Å². The van der Waals surface area contributed by atoms with Gasteiger partial charge in [-0.2, -0.15) is 0 Å². The molecule has 9 aromatic rings. The maximum Gasteiger partial charge on any atom is 0.0617 e. The lowest BCUT2D eigenvalue weighted by molar-refractivity contribution is 0.445. The average Bonchev–Trinajstić information content (AvgIpc) is 3.80. The normalized spacial score (nSPS) is 16.9. The number of para-hydroxylation sites is 4. The molecule has 312 valence electrons. The Bertz CT molecular complexity index is 3340. The molecule has 0 bridgehead atoms. The summed E-state index contributed by atoms with van der Waals surface area (Å²) in [7, 11) is 0. The first-order chi connectivity index (χ1) is 31.5. The van der Waals surface area contributed by atoms with Gasteiger partial charge in [0.25, 0.3) is 0 Å². The third-order valence-electron chi connectivity index (χ3n) is 14.9. The summed E-state index contributed by atoms with van der Waals surface area (Å²) in [6.07, 6.45) is 14.4. The molecule has 0 amide bonds. The number of benzene rings is 8. The van der Waals surface area contributed by atoms with Crippen molar-refractivity contribution in [3.8, 4) is 33.4 Å². The van der Waals surface area contributed by atoms with Crippen molar-refractivity contribution in [3.05, 3.63) is 205 Å². The predicted octanol–water partition coefficient (Wildman–Crippen LogP) is 17.5. The second-order valence-electron chi connectivity index (χ2n) is 19.1. The molecule has 0 spiro atoms. The number of fused-ring (bicyclic) bond motifs is 7.